The van der Waals surface area contributed by atoms with Gasteiger partial charge in [0.25, 0.3) is 0 Å². The van der Waals surface area contributed by atoms with Crippen LogP contribution < -0.4 is 4.74 Å². The number of allylic oxidation sites excluding steroid dienone is 6. The topological polar surface area (TPSA) is 79.7 Å². The molecule has 29 heavy (non-hydrogen) atoms. The molecule has 0 fully saturated rings. The van der Waals surface area contributed by atoms with E-state index in [0.29, 0.717) is 21.9 Å². The van der Waals surface area contributed by atoms with Crippen LogP contribution in [0.25, 0.3) is 5.57 Å². The normalized spacial score (nSPS) is 13.1. The fourth-order valence-electron chi connectivity index (χ4n) is 2.19. The van der Waals surface area contributed by atoms with Crippen molar-refractivity contribution >= 4 is 22.9 Å². The maximum Gasteiger partial charge on any atom is 0.355 e. The largest absolute Gasteiger partial charge is 0.507 e. The number of rotatable bonds is 8. The summed E-state index contributed by atoms with van der Waals surface area (Å²) in [6.45, 7) is 6.38. The highest BCUT2D eigenvalue weighted by Crippen LogP contribution is 2.27. The van der Waals surface area contributed by atoms with Crippen molar-refractivity contribution in [2.75, 3.05) is 0 Å². The third-order valence-corrected chi connectivity index (χ3v) is 4.38. The highest BCUT2D eigenvalue weighted by molar-refractivity contribution is 7.09. The highest BCUT2D eigenvalue weighted by atomic mass is 32.1. The van der Waals surface area contributed by atoms with Crippen molar-refractivity contribution in [3.63, 3.8) is 0 Å². The van der Waals surface area contributed by atoms with Crippen molar-refractivity contribution in [2.45, 2.75) is 20.5 Å². The van der Waals surface area contributed by atoms with Gasteiger partial charge in [0, 0.05) is 11.0 Å². The van der Waals surface area contributed by atoms with E-state index in [1.54, 1.807) is 31.2 Å². The summed E-state index contributed by atoms with van der Waals surface area (Å²) in [6.07, 6.45) is 2.25. The molecular weight excluding hydrogens is 400 g/mol. The summed E-state index contributed by atoms with van der Waals surface area (Å²) in [5.41, 5.74) is 1.02. The first-order valence-corrected chi connectivity index (χ1v) is 9.26. The second-order valence-corrected chi connectivity index (χ2v) is 7.00. The molecule has 2 aromatic rings. The first-order valence-electron chi connectivity index (χ1n) is 8.38. The SMILES string of the molecule is C=C(C)/C=C(O)/C(=C\C(F)=C(/C)F)c1ccc(OCc2nc(C(=O)O)cs2)cc1. The first kappa shape index (κ1) is 22.0. The minimum Gasteiger partial charge on any atom is -0.507 e. The number of aromatic carboxylic acids is 1. The molecule has 2 N–H and O–H groups in total. The van der Waals surface area contributed by atoms with Crippen molar-refractivity contribution in [1.82, 2.24) is 4.98 Å². The number of ether oxygens (including phenoxy) is 1. The Labute approximate surface area is 170 Å². The van der Waals surface area contributed by atoms with Gasteiger partial charge in [-0.25, -0.2) is 18.6 Å². The summed E-state index contributed by atoms with van der Waals surface area (Å²) in [5.74, 6) is -3.01. The van der Waals surface area contributed by atoms with Crippen molar-refractivity contribution in [3.8, 4) is 5.75 Å². The van der Waals surface area contributed by atoms with Gasteiger partial charge in [-0.15, -0.1) is 11.3 Å². The summed E-state index contributed by atoms with van der Waals surface area (Å²) < 4.78 is 32.5. The first-order chi connectivity index (χ1) is 13.7. The lowest BCUT2D eigenvalue weighted by atomic mass is 10.0. The van der Waals surface area contributed by atoms with Crippen LogP contribution in [0, 0.1) is 0 Å². The number of aliphatic hydroxyl groups is 1. The molecule has 1 heterocycles. The van der Waals surface area contributed by atoms with Crippen molar-refractivity contribution < 1.29 is 28.5 Å². The van der Waals surface area contributed by atoms with Crippen LogP contribution in [0.4, 0.5) is 8.78 Å². The molecule has 0 bridgehead atoms. The van der Waals surface area contributed by atoms with Gasteiger partial charge in [0.15, 0.2) is 11.5 Å². The van der Waals surface area contributed by atoms with Gasteiger partial charge in [-0.2, -0.15) is 0 Å². The number of carboxylic acid groups (broad SMARTS) is 1. The Hall–Kier alpha value is -3.26. The van der Waals surface area contributed by atoms with Gasteiger partial charge < -0.3 is 14.9 Å². The van der Waals surface area contributed by atoms with Gasteiger partial charge in [-0.3, -0.25) is 0 Å². The molecule has 1 aromatic carbocycles. The number of carboxylic acids is 1. The van der Waals surface area contributed by atoms with Crippen LogP contribution in [0.5, 0.6) is 5.75 Å². The summed E-state index contributed by atoms with van der Waals surface area (Å²) in [6, 6.07) is 6.34. The Morgan fingerprint density at radius 3 is 2.38 bits per heavy atom. The van der Waals surface area contributed by atoms with E-state index in [-0.39, 0.29) is 23.6 Å². The van der Waals surface area contributed by atoms with Crippen LogP contribution in [-0.2, 0) is 6.61 Å². The third kappa shape index (κ3) is 6.39. The lowest BCUT2D eigenvalue weighted by Gasteiger charge is -2.10. The van der Waals surface area contributed by atoms with Gasteiger partial charge in [-0.1, -0.05) is 24.3 Å². The monoisotopic (exact) mass is 419 g/mol. The molecule has 0 spiro atoms. The van der Waals surface area contributed by atoms with Crippen LogP contribution >= 0.6 is 11.3 Å². The zero-order valence-electron chi connectivity index (χ0n) is 15.8. The van der Waals surface area contributed by atoms with E-state index < -0.39 is 17.6 Å². The van der Waals surface area contributed by atoms with Crippen LogP contribution in [0.1, 0.15) is 34.9 Å². The molecule has 0 amide bonds. The fourth-order valence-corrected chi connectivity index (χ4v) is 2.87. The van der Waals surface area contributed by atoms with E-state index in [0.717, 1.165) is 13.0 Å². The number of carbonyl (C=O) groups is 1. The van der Waals surface area contributed by atoms with Gasteiger partial charge >= 0.3 is 5.97 Å². The Morgan fingerprint density at radius 2 is 1.86 bits per heavy atom. The number of halogens is 2. The number of thiazole rings is 1. The molecule has 0 unspecified atom stereocenters. The van der Waals surface area contributed by atoms with Gasteiger partial charge in [-0.05, 0) is 43.7 Å². The summed E-state index contributed by atoms with van der Waals surface area (Å²) >= 11 is 1.17. The predicted molar refractivity (Wildman–Crippen MR) is 108 cm³/mol. The lowest BCUT2D eigenvalue weighted by Crippen LogP contribution is -1.99. The molecule has 8 heteroatoms. The second-order valence-electron chi connectivity index (χ2n) is 6.06. The van der Waals surface area contributed by atoms with Crippen LogP contribution in [0.2, 0.25) is 0 Å². The van der Waals surface area contributed by atoms with Crippen LogP contribution in [0.3, 0.4) is 0 Å². The van der Waals surface area contributed by atoms with Crippen molar-refractivity contribution in [2.24, 2.45) is 0 Å². The Kier molecular flexibility index (Phi) is 7.44. The minimum atomic E-state index is -1.11. The maximum atomic E-state index is 13.8. The van der Waals surface area contributed by atoms with E-state index in [2.05, 4.69) is 11.6 Å². The van der Waals surface area contributed by atoms with E-state index in [1.165, 1.54) is 22.8 Å². The predicted octanol–water partition coefficient (Wildman–Crippen LogP) is 5.99. The lowest BCUT2D eigenvalue weighted by molar-refractivity contribution is 0.0691. The molecule has 0 atom stereocenters. The highest BCUT2D eigenvalue weighted by Gasteiger charge is 2.12. The zero-order valence-corrected chi connectivity index (χ0v) is 16.6. The minimum absolute atomic E-state index is 0.0447. The average molecular weight is 419 g/mol. The number of aliphatic hydroxyl groups excluding tert-OH is 1. The smallest absolute Gasteiger partial charge is 0.355 e. The molecule has 0 radical (unpaired) electrons. The Balaban J connectivity index is 2.22. The molecule has 0 aliphatic heterocycles. The standard InChI is InChI=1S/C21H19F2NO4S/c1-12(2)8-19(25)16(9-17(23)13(3)22)14-4-6-15(7-5-14)28-10-20-24-18(11-29-20)21(26)27/h4-9,11,25H,1,10H2,2-3H3,(H,26,27)/b16-9-,17-13-,19-8-. The number of hydrogen-bond acceptors (Lipinski definition) is 5. The zero-order chi connectivity index (χ0) is 21.6. The van der Waals surface area contributed by atoms with Crippen LogP contribution in [0.15, 0.2) is 71.4 Å². The number of benzene rings is 1. The van der Waals surface area contributed by atoms with E-state index in [1.807, 2.05) is 0 Å². The van der Waals surface area contributed by atoms with E-state index in [9.17, 15) is 18.7 Å². The summed E-state index contributed by atoms with van der Waals surface area (Å²) in [7, 11) is 0. The maximum absolute atomic E-state index is 13.8. The number of nitrogens with zero attached hydrogens (tertiary/aromatic N) is 1. The van der Waals surface area contributed by atoms with Gasteiger partial charge in [0.1, 0.15) is 29.0 Å². The number of hydrogen-bond donors (Lipinski definition) is 2. The van der Waals surface area contributed by atoms with E-state index in [4.69, 9.17) is 9.84 Å². The Bertz CT molecular complexity index is 1000. The second kappa shape index (κ2) is 9.79. The Morgan fingerprint density at radius 1 is 1.21 bits per heavy atom. The molecule has 2 rings (SSSR count). The molecule has 1 aromatic heterocycles. The quantitative estimate of drug-likeness (QED) is 0.406. The fraction of sp³-hybridized carbons (Fsp3) is 0.143. The van der Waals surface area contributed by atoms with Crippen molar-refractivity contribution in [3.05, 3.63) is 87.6 Å². The molecule has 0 saturated heterocycles. The van der Waals surface area contributed by atoms with Gasteiger partial charge in [0.05, 0.1) is 0 Å². The third-order valence-electron chi connectivity index (χ3n) is 3.56. The molecule has 0 aliphatic rings. The summed E-state index contributed by atoms with van der Waals surface area (Å²) in [4.78, 5) is 14.8. The molecular formula is C21H19F2NO4S. The van der Waals surface area contributed by atoms with Gasteiger partial charge in [0.2, 0.25) is 0 Å². The molecule has 152 valence electrons. The average Bonchev–Trinajstić information content (AvgIpc) is 3.13. The van der Waals surface area contributed by atoms with Crippen LogP contribution in [-0.4, -0.2) is 21.2 Å². The van der Waals surface area contributed by atoms with E-state index >= 15 is 0 Å². The number of aromatic nitrogens is 1. The molecule has 5 nitrogen and oxygen atoms in total. The summed E-state index contributed by atoms with van der Waals surface area (Å²) in [5, 5.41) is 21.1. The van der Waals surface area contributed by atoms with Crippen molar-refractivity contribution in [1.29, 1.82) is 0 Å². The molecule has 0 aliphatic carbocycles. The molecule has 0 saturated carbocycles.